The highest BCUT2D eigenvalue weighted by molar-refractivity contribution is 5.94. The Labute approximate surface area is 177 Å². The van der Waals surface area contributed by atoms with Gasteiger partial charge in [-0.2, -0.15) is 0 Å². The Morgan fingerprint density at radius 2 is 1.60 bits per heavy atom. The predicted octanol–water partition coefficient (Wildman–Crippen LogP) is 5.75. The molecular weight excluding hydrogens is 370 g/mol. The summed E-state index contributed by atoms with van der Waals surface area (Å²) in [6.45, 7) is 2.89. The van der Waals surface area contributed by atoms with Gasteiger partial charge in [-0.15, -0.1) is 0 Å². The van der Waals surface area contributed by atoms with Crippen molar-refractivity contribution in [3.05, 3.63) is 102 Å². The van der Waals surface area contributed by atoms with Gasteiger partial charge in [0.05, 0.1) is 17.1 Å². The van der Waals surface area contributed by atoms with E-state index >= 15 is 0 Å². The third-order valence-electron chi connectivity index (χ3n) is 5.37. The standard InChI is InChI=1S/C26H27N3O/c1-2-3-16-23(28-26(30)21-14-8-5-9-15-21)25-27-22-17-10-11-18-24(22)29(25)19-20-12-6-4-7-13-20/h4-15,17-18,23H,2-3,16,19H2,1H3,(H,28,30)/t23-/m1/s1. The largest absolute Gasteiger partial charge is 0.342 e. The van der Waals surface area contributed by atoms with E-state index in [1.54, 1.807) is 0 Å². The van der Waals surface area contributed by atoms with Crippen LogP contribution in [0.5, 0.6) is 0 Å². The fraction of sp³-hybridized carbons (Fsp3) is 0.231. The summed E-state index contributed by atoms with van der Waals surface area (Å²) in [5, 5.41) is 3.25. The Morgan fingerprint density at radius 1 is 0.933 bits per heavy atom. The summed E-state index contributed by atoms with van der Waals surface area (Å²) in [6.07, 6.45) is 2.94. The summed E-state index contributed by atoms with van der Waals surface area (Å²) in [5.41, 5.74) is 3.93. The number of amides is 1. The van der Waals surface area contributed by atoms with Crippen molar-refractivity contribution >= 4 is 16.9 Å². The van der Waals surface area contributed by atoms with Crippen LogP contribution in [0.4, 0.5) is 0 Å². The fourth-order valence-electron chi connectivity index (χ4n) is 3.80. The van der Waals surface area contributed by atoms with Crippen molar-refractivity contribution < 1.29 is 4.79 Å². The highest BCUT2D eigenvalue weighted by Crippen LogP contribution is 2.26. The second kappa shape index (κ2) is 9.40. The van der Waals surface area contributed by atoms with Crippen LogP contribution in [-0.2, 0) is 6.54 Å². The van der Waals surface area contributed by atoms with Gasteiger partial charge in [-0.1, -0.05) is 80.4 Å². The molecule has 0 bridgehead atoms. The van der Waals surface area contributed by atoms with Crippen LogP contribution in [0.1, 0.15) is 54.0 Å². The Morgan fingerprint density at radius 3 is 2.33 bits per heavy atom. The number of fused-ring (bicyclic) bond motifs is 1. The highest BCUT2D eigenvalue weighted by Gasteiger charge is 2.22. The molecule has 0 radical (unpaired) electrons. The molecule has 0 aliphatic heterocycles. The number of aromatic nitrogens is 2. The van der Waals surface area contributed by atoms with Crippen LogP contribution in [0.3, 0.4) is 0 Å². The van der Waals surface area contributed by atoms with Gasteiger partial charge in [-0.05, 0) is 36.2 Å². The molecule has 4 nitrogen and oxygen atoms in total. The first-order valence-electron chi connectivity index (χ1n) is 10.6. The maximum absolute atomic E-state index is 12.9. The van der Waals surface area contributed by atoms with E-state index in [0.29, 0.717) is 5.56 Å². The van der Waals surface area contributed by atoms with Gasteiger partial charge in [0.2, 0.25) is 0 Å². The predicted molar refractivity (Wildman–Crippen MR) is 121 cm³/mol. The van der Waals surface area contributed by atoms with Crippen LogP contribution < -0.4 is 5.32 Å². The first-order valence-corrected chi connectivity index (χ1v) is 10.6. The molecule has 30 heavy (non-hydrogen) atoms. The van der Waals surface area contributed by atoms with Crippen molar-refractivity contribution in [2.75, 3.05) is 0 Å². The molecule has 0 aliphatic carbocycles. The molecule has 4 rings (SSSR count). The van der Waals surface area contributed by atoms with E-state index in [0.717, 1.165) is 42.7 Å². The zero-order chi connectivity index (χ0) is 20.8. The number of unbranched alkanes of at least 4 members (excludes halogenated alkanes) is 1. The fourth-order valence-corrected chi connectivity index (χ4v) is 3.80. The lowest BCUT2D eigenvalue weighted by Gasteiger charge is -2.20. The summed E-state index contributed by atoms with van der Waals surface area (Å²) < 4.78 is 2.25. The minimum Gasteiger partial charge on any atom is -0.342 e. The minimum atomic E-state index is -0.145. The van der Waals surface area contributed by atoms with Crippen LogP contribution in [0.2, 0.25) is 0 Å². The number of imidazole rings is 1. The topological polar surface area (TPSA) is 46.9 Å². The zero-order valence-electron chi connectivity index (χ0n) is 17.3. The maximum Gasteiger partial charge on any atom is 0.251 e. The van der Waals surface area contributed by atoms with Gasteiger partial charge in [0.1, 0.15) is 5.82 Å². The number of nitrogens with one attached hydrogen (secondary N) is 1. The van der Waals surface area contributed by atoms with Crippen LogP contribution in [0.25, 0.3) is 11.0 Å². The summed E-state index contributed by atoms with van der Waals surface area (Å²) >= 11 is 0. The Kier molecular flexibility index (Phi) is 6.23. The molecule has 152 valence electrons. The second-order valence-electron chi connectivity index (χ2n) is 7.56. The number of carbonyl (C=O) groups is 1. The monoisotopic (exact) mass is 397 g/mol. The molecule has 1 atom stereocenters. The van der Waals surface area contributed by atoms with E-state index in [9.17, 15) is 4.79 Å². The molecule has 1 N–H and O–H groups in total. The molecule has 1 aromatic heterocycles. The van der Waals surface area contributed by atoms with Gasteiger partial charge in [0.25, 0.3) is 5.91 Å². The third-order valence-corrected chi connectivity index (χ3v) is 5.37. The molecule has 3 aromatic carbocycles. The van der Waals surface area contributed by atoms with E-state index in [2.05, 4.69) is 47.1 Å². The van der Waals surface area contributed by atoms with Crippen molar-refractivity contribution in [3.8, 4) is 0 Å². The van der Waals surface area contributed by atoms with Gasteiger partial charge >= 0.3 is 0 Å². The summed E-state index contributed by atoms with van der Waals surface area (Å²) in [5.74, 6) is 0.854. The van der Waals surface area contributed by atoms with Gasteiger partial charge in [-0.25, -0.2) is 4.98 Å². The quantitative estimate of drug-likeness (QED) is 0.412. The van der Waals surface area contributed by atoms with Crippen molar-refractivity contribution in [2.45, 2.75) is 38.8 Å². The molecule has 0 fully saturated rings. The number of nitrogens with zero attached hydrogens (tertiary/aromatic N) is 2. The zero-order valence-corrected chi connectivity index (χ0v) is 17.3. The minimum absolute atomic E-state index is 0.0602. The lowest BCUT2D eigenvalue weighted by molar-refractivity contribution is 0.0931. The van der Waals surface area contributed by atoms with Crippen LogP contribution in [0, 0.1) is 0 Å². The average molecular weight is 398 g/mol. The number of hydrogen-bond acceptors (Lipinski definition) is 2. The highest BCUT2D eigenvalue weighted by atomic mass is 16.1. The first kappa shape index (κ1) is 19.9. The van der Waals surface area contributed by atoms with E-state index in [1.165, 1.54) is 5.56 Å². The van der Waals surface area contributed by atoms with Crippen LogP contribution >= 0.6 is 0 Å². The number of benzene rings is 3. The summed E-state index contributed by atoms with van der Waals surface area (Å²) in [6, 6.07) is 27.8. The average Bonchev–Trinajstić information content (AvgIpc) is 3.16. The second-order valence-corrected chi connectivity index (χ2v) is 7.56. The van der Waals surface area contributed by atoms with Crippen LogP contribution in [-0.4, -0.2) is 15.5 Å². The Balaban J connectivity index is 1.73. The lowest BCUT2D eigenvalue weighted by atomic mass is 10.1. The van der Waals surface area contributed by atoms with E-state index < -0.39 is 0 Å². The summed E-state index contributed by atoms with van der Waals surface area (Å²) in [4.78, 5) is 17.9. The van der Waals surface area contributed by atoms with Crippen molar-refractivity contribution in [2.24, 2.45) is 0 Å². The molecule has 0 aliphatic rings. The smallest absolute Gasteiger partial charge is 0.251 e. The van der Waals surface area contributed by atoms with Gasteiger partial charge in [0, 0.05) is 12.1 Å². The normalized spacial score (nSPS) is 12.0. The Bertz CT molecular complexity index is 1100. The number of carbonyl (C=O) groups excluding carboxylic acids is 1. The van der Waals surface area contributed by atoms with Crippen molar-refractivity contribution in [1.29, 1.82) is 0 Å². The van der Waals surface area contributed by atoms with E-state index in [1.807, 2.05) is 54.6 Å². The van der Waals surface area contributed by atoms with Crippen molar-refractivity contribution in [1.82, 2.24) is 14.9 Å². The molecule has 4 heteroatoms. The molecule has 0 unspecified atom stereocenters. The molecule has 0 spiro atoms. The van der Waals surface area contributed by atoms with Gasteiger partial charge in [-0.3, -0.25) is 4.79 Å². The number of para-hydroxylation sites is 2. The van der Waals surface area contributed by atoms with Crippen LogP contribution in [0.15, 0.2) is 84.9 Å². The van der Waals surface area contributed by atoms with Gasteiger partial charge in [0.15, 0.2) is 0 Å². The number of rotatable bonds is 8. The molecule has 0 saturated heterocycles. The third kappa shape index (κ3) is 4.43. The van der Waals surface area contributed by atoms with Crippen molar-refractivity contribution in [3.63, 3.8) is 0 Å². The van der Waals surface area contributed by atoms with E-state index in [-0.39, 0.29) is 11.9 Å². The molecule has 0 saturated carbocycles. The van der Waals surface area contributed by atoms with E-state index in [4.69, 9.17) is 4.98 Å². The van der Waals surface area contributed by atoms with Gasteiger partial charge < -0.3 is 9.88 Å². The first-order chi connectivity index (χ1) is 14.8. The molecule has 4 aromatic rings. The lowest BCUT2D eigenvalue weighted by Crippen LogP contribution is -2.30. The molecule has 1 heterocycles. The maximum atomic E-state index is 12.9. The molecular formula is C26H27N3O. The summed E-state index contributed by atoms with van der Waals surface area (Å²) in [7, 11) is 0. The number of hydrogen-bond donors (Lipinski definition) is 1. The Hall–Kier alpha value is -3.40. The SMILES string of the molecule is CCCC[C@@H](NC(=O)c1ccccc1)c1nc2ccccc2n1Cc1ccccc1. The molecule has 1 amide bonds.